The quantitative estimate of drug-likeness (QED) is 0.818. The first-order valence-electron chi connectivity index (χ1n) is 8.25. The highest BCUT2D eigenvalue weighted by Crippen LogP contribution is 2.28. The molecule has 2 heterocycles. The van der Waals surface area contributed by atoms with Crippen LogP contribution >= 0.6 is 0 Å². The van der Waals surface area contributed by atoms with Crippen molar-refractivity contribution in [3.63, 3.8) is 0 Å². The van der Waals surface area contributed by atoms with Crippen molar-refractivity contribution in [2.75, 3.05) is 32.5 Å². The number of aryl methyl sites for hydroxylation is 2. The van der Waals surface area contributed by atoms with Crippen LogP contribution in [0.4, 0.5) is 5.82 Å². The summed E-state index contributed by atoms with van der Waals surface area (Å²) >= 11 is 0. The molecule has 0 aliphatic rings. The number of quaternary nitrogens is 1. The fraction of sp³-hybridized carbons (Fsp3) is 0.647. The zero-order valence-electron chi connectivity index (χ0n) is 14.8. The van der Waals surface area contributed by atoms with E-state index in [0.29, 0.717) is 5.92 Å². The van der Waals surface area contributed by atoms with Gasteiger partial charge < -0.3 is 14.8 Å². The Hall–Kier alpha value is -1.62. The van der Waals surface area contributed by atoms with E-state index in [1.807, 2.05) is 0 Å². The summed E-state index contributed by atoms with van der Waals surface area (Å²) in [7, 11) is 4.39. The number of nitrogens with one attached hydrogen (secondary N) is 2. The Morgan fingerprint density at radius 1 is 1.23 bits per heavy atom. The molecule has 5 heteroatoms. The van der Waals surface area contributed by atoms with E-state index in [2.05, 4.69) is 61.6 Å². The van der Waals surface area contributed by atoms with E-state index in [4.69, 9.17) is 0 Å². The lowest BCUT2D eigenvalue weighted by molar-refractivity contribution is -0.858. The van der Waals surface area contributed by atoms with Crippen LogP contribution < -0.4 is 10.2 Å². The fourth-order valence-electron chi connectivity index (χ4n) is 2.77. The van der Waals surface area contributed by atoms with Gasteiger partial charge in [0.25, 0.3) is 0 Å². The van der Waals surface area contributed by atoms with Crippen LogP contribution in [-0.4, -0.2) is 41.7 Å². The van der Waals surface area contributed by atoms with Gasteiger partial charge in [0.1, 0.15) is 17.8 Å². The SMILES string of the molecule is Cc1c(C)n(CCC[NH+](C)C)c2ncnc(NCC(C)C)c12. The Balaban J connectivity index is 2.34. The molecule has 0 saturated heterocycles. The molecule has 0 atom stereocenters. The van der Waals surface area contributed by atoms with E-state index in [-0.39, 0.29) is 0 Å². The summed E-state index contributed by atoms with van der Waals surface area (Å²) in [5, 5.41) is 4.65. The third-order valence-electron chi connectivity index (χ3n) is 4.14. The summed E-state index contributed by atoms with van der Waals surface area (Å²) < 4.78 is 2.34. The van der Waals surface area contributed by atoms with Crippen molar-refractivity contribution < 1.29 is 4.90 Å². The third-order valence-corrected chi connectivity index (χ3v) is 4.14. The third kappa shape index (κ3) is 3.58. The largest absolute Gasteiger partial charge is 0.369 e. The van der Waals surface area contributed by atoms with Crippen LogP contribution in [0.15, 0.2) is 6.33 Å². The zero-order chi connectivity index (χ0) is 16.3. The van der Waals surface area contributed by atoms with Gasteiger partial charge in [-0.3, -0.25) is 0 Å². The summed E-state index contributed by atoms with van der Waals surface area (Å²) in [5.74, 6) is 1.56. The molecule has 0 spiro atoms. The van der Waals surface area contributed by atoms with Gasteiger partial charge in [0.2, 0.25) is 0 Å². The second-order valence-electron chi connectivity index (χ2n) is 6.87. The van der Waals surface area contributed by atoms with Gasteiger partial charge in [-0.1, -0.05) is 13.8 Å². The van der Waals surface area contributed by atoms with Gasteiger partial charge in [-0.25, -0.2) is 9.97 Å². The Labute approximate surface area is 133 Å². The molecule has 0 unspecified atom stereocenters. The van der Waals surface area contributed by atoms with E-state index >= 15 is 0 Å². The standard InChI is InChI=1S/C17H29N5/c1-12(2)10-18-16-15-13(3)14(4)22(9-7-8-21(5)6)17(15)20-11-19-16/h11-12H,7-10H2,1-6H3,(H,18,19,20)/p+1. The van der Waals surface area contributed by atoms with Gasteiger partial charge in [-0.15, -0.1) is 0 Å². The molecular formula is C17H30N5+. The first kappa shape index (κ1) is 16.7. The number of fused-ring (bicyclic) bond motifs is 1. The maximum absolute atomic E-state index is 4.55. The molecular weight excluding hydrogens is 274 g/mol. The van der Waals surface area contributed by atoms with Crippen molar-refractivity contribution in [2.24, 2.45) is 5.92 Å². The van der Waals surface area contributed by atoms with E-state index < -0.39 is 0 Å². The molecule has 0 amide bonds. The highest BCUT2D eigenvalue weighted by atomic mass is 15.1. The lowest BCUT2D eigenvalue weighted by Gasteiger charge is -2.11. The van der Waals surface area contributed by atoms with Crippen LogP contribution in [0.25, 0.3) is 11.0 Å². The molecule has 2 aromatic heterocycles. The summed E-state index contributed by atoms with van der Waals surface area (Å²) in [6.45, 7) is 11.9. The maximum Gasteiger partial charge on any atom is 0.145 e. The minimum Gasteiger partial charge on any atom is -0.369 e. The number of rotatable bonds is 7. The van der Waals surface area contributed by atoms with Gasteiger partial charge in [0, 0.05) is 25.2 Å². The number of hydrogen-bond donors (Lipinski definition) is 2. The summed E-state index contributed by atoms with van der Waals surface area (Å²) in [4.78, 5) is 10.5. The van der Waals surface area contributed by atoms with Crippen molar-refractivity contribution in [2.45, 2.75) is 40.7 Å². The molecule has 0 aromatic carbocycles. The van der Waals surface area contributed by atoms with Crippen LogP contribution in [0.2, 0.25) is 0 Å². The van der Waals surface area contributed by atoms with Crippen molar-refractivity contribution in [1.82, 2.24) is 14.5 Å². The minimum atomic E-state index is 0.594. The topological polar surface area (TPSA) is 47.2 Å². The highest BCUT2D eigenvalue weighted by Gasteiger charge is 2.16. The number of anilines is 1. The average Bonchev–Trinajstić information content (AvgIpc) is 2.70. The van der Waals surface area contributed by atoms with Gasteiger partial charge in [-0.2, -0.15) is 0 Å². The monoisotopic (exact) mass is 304 g/mol. The van der Waals surface area contributed by atoms with E-state index in [1.54, 1.807) is 6.33 Å². The van der Waals surface area contributed by atoms with E-state index in [9.17, 15) is 0 Å². The zero-order valence-corrected chi connectivity index (χ0v) is 14.8. The minimum absolute atomic E-state index is 0.594. The van der Waals surface area contributed by atoms with Crippen molar-refractivity contribution in [1.29, 1.82) is 0 Å². The van der Waals surface area contributed by atoms with Crippen LogP contribution in [0.1, 0.15) is 31.5 Å². The highest BCUT2D eigenvalue weighted by molar-refractivity contribution is 5.91. The van der Waals surface area contributed by atoms with Crippen LogP contribution in [0.5, 0.6) is 0 Å². The molecule has 2 N–H and O–H groups in total. The van der Waals surface area contributed by atoms with Crippen molar-refractivity contribution >= 4 is 16.9 Å². The Morgan fingerprint density at radius 2 is 1.95 bits per heavy atom. The number of aromatic nitrogens is 3. The van der Waals surface area contributed by atoms with Gasteiger partial charge in [0.15, 0.2) is 0 Å². The summed E-state index contributed by atoms with van der Waals surface area (Å²) in [5.41, 5.74) is 3.65. The molecule has 0 bridgehead atoms. The molecule has 2 aromatic rings. The Morgan fingerprint density at radius 3 is 2.59 bits per heavy atom. The maximum atomic E-state index is 4.55. The first-order valence-corrected chi connectivity index (χ1v) is 8.25. The van der Waals surface area contributed by atoms with Crippen molar-refractivity contribution in [3.05, 3.63) is 17.6 Å². The molecule has 22 heavy (non-hydrogen) atoms. The summed E-state index contributed by atoms with van der Waals surface area (Å²) in [6.07, 6.45) is 2.84. The fourth-order valence-corrected chi connectivity index (χ4v) is 2.77. The first-order chi connectivity index (χ1) is 10.4. The lowest BCUT2D eigenvalue weighted by Crippen LogP contribution is -3.05. The van der Waals surface area contributed by atoms with Crippen LogP contribution in [-0.2, 0) is 6.54 Å². The Bertz CT molecular complexity index is 628. The van der Waals surface area contributed by atoms with Gasteiger partial charge >= 0.3 is 0 Å². The number of hydrogen-bond acceptors (Lipinski definition) is 3. The molecule has 0 fully saturated rings. The molecule has 122 valence electrons. The van der Waals surface area contributed by atoms with Gasteiger partial charge in [0.05, 0.1) is 26.0 Å². The number of nitrogens with zero attached hydrogens (tertiary/aromatic N) is 3. The van der Waals surface area contributed by atoms with E-state index in [0.717, 1.165) is 31.0 Å². The second-order valence-corrected chi connectivity index (χ2v) is 6.87. The van der Waals surface area contributed by atoms with Crippen LogP contribution in [0.3, 0.4) is 0 Å². The molecule has 0 saturated carbocycles. The molecule has 0 aliphatic carbocycles. The van der Waals surface area contributed by atoms with E-state index in [1.165, 1.54) is 28.1 Å². The van der Waals surface area contributed by atoms with Crippen LogP contribution in [0, 0.1) is 19.8 Å². The molecule has 2 rings (SSSR count). The second kappa shape index (κ2) is 7.09. The smallest absolute Gasteiger partial charge is 0.145 e. The Kier molecular flexibility index (Phi) is 5.40. The lowest BCUT2D eigenvalue weighted by atomic mass is 10.2. The normalized spacial score (nSPS) is 11.8. The predicted molar refractivity (Wildman–Crippen MR) is 92.6 cm³/mol. The molecule has 0 aliphatic heterocycles. The molecule has 5 nitrogen and oxygen atoms in total. The molecule has 0 radical (unpaired) electrons. The summed E-state index contributed by atoms with van der Waals surface area (Å²) in [6, 6.07) is 0. The van der Waals surface area contributed by atoms with Gasteiger partial charge in [-0.05, 0) is 25.3 Å². The predicted octanol–water partition coefficient (Wildman–Crippen LogP) is 1.65. The van der Waals surface area contributed by atoms with Crippen molar-refractivity contribution in [3.8, 4) is 0 Å². The average molecular weight is 304 g/mol.